The highest BCUT2D eigenvalue weighted by Crippen LogP contribution is 2.33. The van der Waals surface area contributed by atoms with Crippen LogP contribution in [0.4, 0.5) is 23.0 Å². The molecule has 10 nitrogen and oxygen atoms in total. The number of benzene rings is 1. The van der Waals surface area contributed by atoms with E-state index in [1.165, 1.54) is 6.33 Å². The molecule has 0 atom stereocenters. The molecule has 10 heteroatoms. The number of hydrogen-bond acceptors (Lipinski definition) is 9. The lowest BCUT2D eigenvalue weighted by Gasteiger charge is -2.26. The Kier molecular flexibility index (Phi) is 6.26. The van der Waals surface area contributed by atoms with E-state index in [4.69, 9.17) is 4.74 Å². The minimum Gasteiger partial charge on any atom is -0.379 e. The van der Waals surface area contributed by atoms with Gasteiger partial charge in [-0.1, -0.05) is 6.07 Å². The summed E-state index contributed by atoms with van der Waals surface area (Å²) in [6.07, 6.45) is 3.88. The van der Waals surface area contributed by atoms with E-state index in [1.54, 1.807) is 6.20 Å². The summed E-state index contributed by atoms with van der Waals surface area (Å²) >= 11 is 0. The third-order valence-corrected chi connectivity index (χ3v) is 4.95. The highest BCUT2D eigenvalue weighted by Gasteiger charge is 2.23. The number of fused-ring (bicyclic) bond motifs is 1. The average Bonchev–Trinajstić information content (AvgIpc) is 2.77. The number of anilines is 3. The summed E-state index contributed by atoms with van der Waals surface area (Å²) in [7, 11) is 0. The predicted octanol–water partition coefficient (Wildman–Crippen LogP) is 2.81. The van der Waals surface area contributed by atoms with E-state index in [9.17, 15) is 10.1 Å². The van der Waals surface area contributed by atoms with Crippen LogP contribution in [0.5, 0.6) is 0 Å². The molecule has 0 radical (unpaired) electrons. The van der Waals surface area contributed by atoms with Crippen molar-refractivity contribution >= 4 is 33.9 Å². The second kappa shape index (κ2) is 9.42. The normalized spacial score (nSPS) is 14.5. The second-order valence-corrected chi connectivity index (χ2v) is 6.91. The number of hydrogen-bond donors (Lipinski definition) is 2. The van der Waals surface area contributed by atoms with Gasteiger partial charge in [0.15, 0.2) is 0 Å². The van der Waals surface area contributed by atoms with Gasteiger partial charge >= 0.3 is 5.69 Å². The molecule has 4 rings (SSSR count). The first-order chi connectivity index (χ1) is 14.7. The van der Waals surface area contributed by atoms with Gasteiger partial charge in [0.05, 0.1) is 23.7 Å². The Hall–Kier alpha value is -3.37. The molecule has 0 aliphatic carbocycles. The van der Waals surface area contributed by atoms with Crippen molar-refractivity contribution in [1.29, 1.82) is 0 Å². The molecule has 156 valence electrons. The number of pyridine rings is 1. The number of aromatic nitrogens is 3. The van der Waals surface area contributed by atoms with Crippen LogP contribution in [0.3, 0.4) is 0 Å². The van der Waals surface area contributed by atoms with Crippen LogP contribution in [0.1, 0.15) is 6.42 Å². The fourth-order valence-electron chi connectivity index (χ4n) is 3.45. The van der Waals surface area contributed by atoms with Crippen LogP contribution >= 0.6 is 0 Å². The average molecular weight is 409 g/mol. The summed E-state index contributed by atoms with van der Waals surface area (Å²) in [6.45, 7) is 4.83. The minimum absolute atomic E-state index is 0.141. The van der Waals surface area contributed by atoms with Crippen molar-refractivity contribution in [2.45, 2.75) is 6.42 Å². The quantitative estimate of drug-likeness (QED) is 0.329. The maximum Gasteiger partial charge on any atom is 0.353 e. The molecule has 0 bridgehead atoms. The summed E-state index contributed by atoms with van der Waals surface area (Å²) in [5, 5.41) is 18.8. The Morgan fingerprint density at radius 2 is 1.93 bits per heavy atom. The molecule has 1 aliphatic rings. The Bertz CT molecular complexity index is 1020. The summed E-state index contributed by atoms with van der Waals surface area (Å²) in [6, 6.07) is 9.29. The Morgan fingerprint density at radius 3 is 2.77 bits per heavy atom. The molecule has 30 heavy (non-hydrogen) atoms. The molecule has 0 unspecified atom stereocenters. The number of nitrogens with one attached hydrogen (secondary N) is 2. The van der Waals surface area contributed by atoms with E-state index in [0.717, 1.165) is 50.2 Å². The van der Waals surface area contributed by atoms with Gasteiger partial charge in [-0.3, -0.25) is 20.0 Å². The molecule has 1 saturated heterocycles. The number of rotatable bonds is 8. The van der Waals surface area contributed by atoms with E-state index < -0.39 is 4.92 Å². The first kappa shape index (κ1) is 19.9. The topological polar surface area (TPSA) is 118 Å². The standard InChI is InChI=1S/C20H23N7O3/c28-27(29)18-19(22-8-3-9-26-10-12-30-13-11-26)23-14-24-20(18)25-17-6-1-5-16-15(17)4-2-7-21-16/h1-2,4-7,14H,3,8-13H2,(H2,22,23,24,25). The van der Waals surface area contributed by atoms with Gasteiger partial charge in [0, 0.05) is 36.9 Å². The van der Waals surface area contributed by atoms with Gasteiger partial charge in [0.2, 0.25) is 11.6 Å². The maximum atomic E-state index is 11.8. The monoisotopic (exact) mass is 409 g/mol. The third-order valence-electron chi connectivity index (χ3n) is 4.95. The van der Waals surface area contributed by atoms with Crippen molar-refractivity contribution < 1.29 is 9.66 Å². The third kappa shape index (κ3) is 4.61. The summed E-state index contributed by atoms with van der Waals surface area (Å²) in [5.41, 5.74) is 1.31. The van der Waals surface area contributed by atoms with E-state index in [0.29, 0.717) is 12.2 Å². The van der Waals surface area contributed by atoms with Gasteiger partial charge < -0.3 is 15.4 Å². The number of ether oxygens (including phenoxy) is 1. The van der Waals surface area contributed by atoms with Crippen molar-refractivity contribution in [3.05, 3.63) is 53.0 Å². The molecule has 2 aromatic heterocycles. The van der Waals surface area contributed by atoms with Crippen LogP contribution in [-0.4, -0.2) is 64.2 Å². The van der Waals surface area contributed by atoms with Crippen LogP contribution in [-0.2, 0) is 4.74 Å². The minimum atomic E-state index is -0.462. The van der Waals surface area contributed by atoms with E-state index >= 15 is 0 Å². The molecule has 3 aromatic rings. The van der Waals surface area contributed by atoms with Gasteiger partial charge in [0.25, 0.3) is 0 Å². The lowest BCUT2D eigenvalue weighted by atomic mass is 10.2. The molecule has 0 spiro atoms. The molecule has 1 aromatic carbocycles. The van der Waals surface area contributed by atoms with Crippen molar-refractivity contribution in [2.24, 2.45) is 0 Å². The van der Waals surface area contributed by atoms with Crippen molar-refractivity contribution in [1.82, 2.24) is 19.9 Å². The second-order valence-electron chi connectivity index (χ2n) is 6.91. The Morgan fingerprint density at radius 1 is 1.10 bits per heavy atom. The molecule has 1 aliphatic heterocycles. The van der Waals surface area contributed by atoms with E-state index in [-0.39, 0.29) is 17.3 Å². The van der Waals surface area contributed by atoms with Crippen LogP contribution in [0.2, 0.25) is 0 Å². The van der Waals surface area contributed by atoms with Crippen LogP contribution in [0, 0.1) is 10.1 Å². The predicted molar refractivity (Wildman–Crippen MR) is 114 cm³/mol. The SMILES string of the molecule is O=[N+]([O-])c1c(NCCCN2CCOCC2)ncnc1Nc1cccc2ncccc12. The number of morpholine rings is 1. The Balaban J connectivity index is 1.49. The van der Waals surface area contributed by atoms with Gasteiger partial charge in [-0.2, -0.15) is 0 Å². The maximum absolute atomic E-state index is 11.8. The fourth-order valence-corrected chi connectivity index (χ4v) is 3.45. The molecule has 1 fully saturated rings. The van der Waals surface area contributed by atoms with Gasteiger partial charge in [-0.05, 0) is 37.2 Å². The van der Waals surface area contributed by atoms with Gasteiger partial charge in [-0.25, -0.2) is 9.97 Å². The Labute approximate surface area is 173 Å². The summed E-state index contributed by atoms with van der Waals surface area (Å²) in [4.78, 5) is 26.2. The lowest BCUT2D eigenvalue weighted by Crippen LogP contribution is -2.37. The molecule has 0 amide bonds. The first-order valence-electron chi connectivity index (χ1n) is 9.86. The van der Waals surface area contributed by atoms with Crippen molar-refractivity contribution in [3.63, 3.8) is 0 Å². The molecule has 2 N–H and O–H groups in total. The summed E-state index contributed by atoms with van der Waals surface area (Å²) in [5.74, 6) is 0.347. The summed E-state index contributed by atoms with van der Waals surface area (Å²) < 4.78 is 5.35. The van der Waals surface area contributed by atoms with Gasteiger partial charge in [0.1, 0.15) is 6.33 Å². The highest BCUT2D eigenvalue weighted by atomic mass is 16.6. The molecule has 0 saturated carbocycles. The fraction of sp³-hybridized carbons (Fsp3) is 0.350. The van der Waals surface area contributed by atoms with E-state index in [1.807, 2.05) is 30.3 Å². The van der Waals surface area contributed by atoms with E-state index in [2.05, 4.69) is 30.5 Å². The van der Waals surface area contributed by atoms with Crippen molar-refractivity contribution in [2.75, 3.05) is 50.0 Å². The molecular formula is C20H23N7O3. The zero-order valence-electron chi connectivity index (χ0n) is 16.5. The van der Waals surface area contributed by atoms with Crippen molar-refractivity contribution in [3.8, 4) is 0 Å². The van der Waals surface area contributed by atoms with Crippen LogP contribution < -0.4 is 10.6 Å². The lowest BCUT2D eigenvalue weighted by molar-refractivity contribution is -0.383. The zero-order valence-corrected chi connectivity index (χ0v) is 16.5. The van der Waals surface area contributed by atoms with Gasteiger partial charge in [-0.15, -0.1) is 0 Å². The first-order valence-corrected chi connectivity index (χ1v) is 9.86. The zero-order chi connectivity index (χ0) is 20.8. The number of nitro groups is 1. The molecular weight excluding hydrogens is 386 g/mol. The number of nitrogens with zero attached hydrogens (tertiary/aromatic N) is 5. The highest BCUT2D eigenvalue weighted by molar-refractivity contribution is 5.93. The molecule has 3 heterocycles. The smallest absolute Gasteiger partial charge is 0.353 e. The van der Waals surface area contributed by atoms with Crippen LogP contribution in [0.15, 0.2) is 42.9 Å². The largest absolute Gasteiger partial charge is 0.379 e. The van der Waals surface area contributed by atoms with Crippen LogP contribution in [0.25, 0.3) is 10.9 Å².